The van der Waals surface area contributed by atoms with Gasteiger partial charge in [0.2, 0.25) is 11.8 Å². The van der Waals surface area contributed by atoms with Crippen molar-refractivity contribution < 1.29 is 14.3 Å². The van der Waals surface area contributed by atoms with Crippen molar-refractivity contribution in [3.05, 3.63) is 71.9 Å². The highest BCUT2D eigenvalue weighted by Crippen LogP contribution is 2.19. The van der Waals surface area contributed by atoms with Crippen LogP contribution < -0.4 is 0 Å². The van der Waals surface area contributed by atoms with Gasteiger partial charge in [0.1, 0.15) is 0 Å². The summed E-state index contributed by atoms with van der Waals surface area (Å²) in [4.78, 5) is 32.0. The van der Waals surface area contributed by atoms with E-state index in [1.165, 1.54) is 17.9 Å². The molecule has 3 rings (SSSR count). The second-order valence-corrected chi connectivity index (χ2v) is 7.70. The Hall–Kier alpha value is -3.12. The molecule has 1 N–H and O–H groups in total. The van der Waals surface area contributed by atoms with E-state index in [1.807, 2.05) is 53.6 Å². The average Bonchev–Trinajstić information content (AvgIpc) is 3.19. The molecule has 0 aliphatic heterocycles. The lowest BCUT2D eigenvalue weighted by Gasteiger charge is -2.27. The Kier molecular flexibility index (Phi) is 8.24. The maximum absolute atomic E-state index is 13.2. The van der Waals surface area contributed by atoms with Crippen LogP contribution in [-0.2, 0) is 27.3 Å². The number of aromatic nitrogens is 1. The fourth-order valence-corrected chi connectivity index (χ4v) is 3.70. The van der Waals surface area contributed by atoms with Gasteiger partial charge < -0.3 is 19.5 Å². The zero-order valence-electron chi connectivity index (χ0n) is 18.3. The van der Waals surface area contributed by atoms with E-state index in [4.69, 9.17) is 4.74 Å². The Morgan fingerprint density at radius 1 is 0.968 bits per heavy atom. The molecule has 0 atom stereocenters. The average molecular weight is 422 g/mol. The highest BCUT2D eigenvalue weighted by Gasteiger charge is 2.20. The van der Waals surface area contributed by atoms with Gasteiger partial charge in [-0.25, -0.2) is 0 Å². The molecule has 164 valence electrons. The van der Waals surface area contributed by atoms with E-state index in [2.05, 4.69) is 17.1 Å². The van der Waals surface area contributed by atoms with Gasteiger partial charge in [-0.3, -0.25) is 9.59 Å². The van der Waals surface area contributed by atoms with Crippen LogP contribution in [0, 0.1) is 0 Å². The van der Waals surface area contributed by atoms with Crippen LogP contribution in [0.4, 0.5) is 0 Å². The molecular formula is C25H31N3O3. The molecular weight excluding hydrogens is 390 g/mol. The number of fused-ring (bicyclic) bond motifs is 1. The van der Waals surface area contributed by atoms with Crippen molar-refractivity contribution in [2.75, 3.05) is 33.4 Å². The zero-order valence-corrected chi connectivity index (χ0v) is 18.3. The van der Waals surface area contributed by atoms with Gasteiger partial charge in [0.05, 0.1) is 6.54 Å². The normalized spacial score (nSPS) is 10.9. The summed E-state index contributed by atoms with van der Waals surface area (Å²) < 4.78 is 5.08. The van der Waals surface area contributed by atoms with Gasteiger partial charge in [0, 0.05) is 57.4 Å². The number of hydrogen-bond donors (Lipinski definition) is 1. The van der Waals surface area contributed by atoms with Crippen LogP contribution in [0.25, 0.3) is 10.9 Å². The SMILES string of the molecule is COCCCN(CC(=O)N(CCc1c[nH]c2ccccc12)Cc1ccccc1)C(C)=O. The molecule has 6 nitrogen and oxygen atoms in total. The van der Waals surface area contributed by atoms with Crippen molar-refractivity contribution in [3.8, 4) is 0 Å². The largest absolute Gasteiger partial charge is 0.385 e. The van der Waals surface area contributed by atoms with E-state index in [9.17, 15) is 9.59 Å². The number of ether oxygens (including phenoxy) is 1. The smallest absolute Gasteiger partial charge is 0.242 e. The predicted octanol–water partition coefficient (Wildman–Crippen LogP) is 3.62. The Bertz CT molecular complexity index is 984. The van der Waals surface area contributed by atoms with Crippen molar-refractivity contribution in [2.24, 2.45) is 0 Å². The molecule has 3 aromatic rings. The molecule has 0 aliphatic carbocycles. The van der Waals surface area contributed by atoms with Gasteiger partial charge in [-0.2, -0.15) is 0 Å². The topological polar surface area (TPSA) is 65.6 Å². The van der Waals surface area contributed by atoms with Crippen molar-refractivity contribution in [3.63, 3.8) is 0 Å². The van der Waals surface area contributed by atoms with Gasteiger partial charge in [-0.05, 0) is 30.0 Å². The van der Waals surface area contributed by atoms with Gasteiger partial charge in [-0.1, -0.05) is 48.5 Å². The first-order valence-electron chi connectivity index (χ1n) is 10.7. The lowest BCUT2D eigenvalue weighted by Crippen LogP contribution is -2.43. The van der Waals surface area contributed by atoms with Gasteiger partial charge in [0.15, 0.2) is 0 Å². The third kappa shape index (κ3) is 6.43. The van der Waals surface area contributed by atoms with Crippen molar-refractivity contribution in [2.45, 2.75) is 26.3 Å². The standard InChI is InChI=1S/C25H31N3O3/c1-20(29)27(14-8-16-31-2)19-25(30)28(18-21-9-4-3-5-10-21)15-13-22-17-26-24-12-7-6-11-23(22)24/h3-7,9-12,17,26H,8,13-16,18-19H2,1-2H3. The summed E-state index contributed by atoms with van der Waals surface area (Å²) in [6.45, 7) is 3.77. The molecule has 0 saturated heterocycles. The lowest BCUT2D eigenvalue weighted by atomic mass is 10.1. The van der Waals surface area contributed by atoms with Gasteiger partial charge in [-0.15, -0.1) is 0 Å². The van der Waals surface area contributed by atoms with Crippen LogP contribution in [0.15, 0.2) is 60.8 Å². The first kappa shape index (κ1) is 22.6. The molecule has 31 heavy (non-hydrogen) atoms. The summed E-state index contributed by atoms with van der Waals surface area (Å²) in [7, 11) is 1.63. The van der Waals surface area contributed by atoms with Crippen LogP contribution in [0.5, 0.6) is 0 Å². The summed E-state index contributed by atoms with van der Waals surface area (Å²) >= 11 is 0. The number of aromatic amines is 1. The van der Waals surface area contributed by atoms with Crippen LogP contribution >= 0.6 is 0 Å². The fraction of sp³-hybridized carbons (Fsp3) is 0.360. The summed E-state index contributed by atoms with van der Waals surface area (Å²) in [5.74, 6) is -0.142. The molecule has 0 unspecified atom stereocenters. The van der Waals surface area contributed by atoms with Gasteiger partial charge in [0.25, 0.3) is 0 Å². The molecule has 1 heterocycles. The maximum Gasteiger partial charge on any atom is 0.242 e. The van der Waals surface area contributed by atoms with E-state index in [1.54, 1.807) is 12.0 Å². The Morgan fingerprint density at radius 2 is 1.71 bits per heavy atom. The number of para-hydroxylation sites is 1. The van der Waals surface area contributed by atoms with Crippen molar-refractivity contribution in [1.29, 1.82) is 0 Å². The van der Waals surface area contributed by atoms with Gasteiger partial charge >= 0.3 is 0 Å². The van der Waals surface area contributed by atoms with Crippen molar-refractivity contribution >= 4 is 22.7 Å². The summed E-state index contributed by atoms with van der Waals surface area (Å²) in [5, 5.41) is 1.18. The first-order valence-corrected chi connectivity index (χ1v) is 10.7. The van der Waals surface area contributed by atoms with Crippen molar-refractivity contribution in [1.82, 2.24) is 14.8 Å². The monoisotopic (exact) mass is 421 g/mol. The summed E-state index contributed by atoms with van der Waals surface area (Å²) in [6, 6.07) is 18.1. The summed E-state index contributed by atoms with van der Waals surface area (Å²) in [5.41, 5.74) is 3.35. The number of amides is 2. The number of benzene rings is 2. The molecule has 2 aromatic carbocycles. The summed E-state index contributed by atoms with van der Waals surface area (Å²) in [6.07, 6.45) is 3.46. The number of rotatable bonds is 11. The molecule has 0 spiro atoms. The molecule has 0 saturated carbocycles. The predicted molar refractivity (Wildman–Crippen MR) is 123 cm³/mol. The quantitative estimate of drug-likeness (QED) is 0.481. The second kappa shape index (κ2) is 11.3. The fourth-order valence-electron chi connectivity index (χ4n) is 3.70. The Morgan fingerprint density at radius 3 is 2.45 bits per heavy atom. The minimum atomic E-state index is -0.0965. The van der Waals surface area contributed by atoms with Crippen LogP contribution in [0.1, 0.15) is 24.5 Å². The number of nitrogens with one attached hydrogen (secondary N) is 1. The number of nitrogens with zero attached hydrogens (tertiary/aromatic N) is 2. The third-order valence-corrected chi connectivity index (χ3v) is 5.44. The molecule has 0 fully saturated rings. The molecule has 0 aliphatic rings. The Labute approximate surface area is 183 Å². The maximum atomic E-state index is 13.2. The molecule has 0 bridgehead atoms. The van der Waals surface area contributed by atoms with E-state index in [0.29, 0.717) is 32.7 Å². The lowest BCUT2D eigenvalue weighted by molar-refractivity contribution is -0.140. The minimum Gasteiger partial charge on any atom is -0.385 e. The highest BCUT2D eigenvalue weighted by atomic mass is 16.5. The highest BCUT2D eigenvalue weighted by molar-refractivity contribution is 5.84. The van der Waals surface area contributed by atoms with Crippen LogP contribution in [0.3, 0.4) is 0 Å². The van der Waals surface area contributed by atoms with E-state index in [0.717, 1.165) is 17.5 Å². The first-order chi connectivity index (χ1) is 15.1. The minimum absolute atomic E-state index is 0.0451. The Balaban J connectivity index is 1.71. The number of H-pyrrole nitrogens is 1. The third-order valence-electron chi connectivity index (χ3n) is 5.44. The van der Waals surface area contributed by atoms with Crippen LogP contribution in [-0.4, -0.2) is 59.9 Å². The van der Waals surface area contributed by atoms with Crippen LogP contribution in [0.2, 0.25) is 0 Å². The number of methoxy groups -OCH3 is 1. The molecule has 2 amide bonds. The van der Waals surface area contributed by atoms with E-state index < -0.39 is 0 Å². The molecule has 1 aromatic heterocycles. The molecule has 6 heteroatoms. The molecule has 0 radical (unpaired) electrons. The van der Waals surface area contributed by atoms with E-state index >= 15 is 0 Å². The number of hydrogen-bond acceptors (Lipinski definition) is 3. The second-order valence-electron chi connectivity index (χ2n) is 7.70. The number of carbonyl (C=O) groups is 2. The number of carbonyl (C=O) groups excluding carboxylic acids is 2. The zero-order chi connectivity index (χ0) is 22.1. The van der Waals surface area contributed by atoms with E-state index in [-0.39, 0.29) is 18.4 Å².